The van der Waals surface area contributed by atoms with Gasteiger partial charge in [-0.2, -0.15) is 0 Å². The Labute approximate surface area is 136 Å². The van der Waals surface area contributed by atoms with Crippen LogP contribution in [0.1, 0.15) is 45.9 Å². The van der Waals surface area contributed by atoms with Crippen molar-refractivity contribution in [3.05, 3.63) is 17.8 Å². The molecule has 1 aromatic heterocycles. The molecule has 1 aromatic rings. The molecule has 2 amide bonds. The van der Waals surface area contributed by atoms with Crippen molar-refractivity contribution in [1.29, 1.82) is 0 Å². The number of rotatable bonds is 3. The molecule has 0 aliphatic carbocycles. The molecule has 0 aromatic carbocycles. The van der Waals surface area contributed by atoms with Gasteiger partial charge in [-0.15, -0.1) is 0 Å². The first-order chi connectivity index (χ1) is 10.8. The lowest BCUT2D eigenvalue weighted by Crippen LogP contribution is -2.47. The van der Waals surface area contributed by atoms with E-state index in [1.165, 1.54) is 14.0 Å². The number of carbonyl (C=O) groups is 2. The van der Waals surface area contributed by atoms with Crippen molar-refractivity contribution in [2.45, 2.75) is 52.3 Å². The van der Waals surface area contributed by atoms with E-state index in [2.05, 4.69) is 10.3 Å². The molecule has 0 fully saturated rings. The lowest BCUT2D eigenvalue weighted by molar-refractivity contribution is -0.119. The maximum Gasteiger partial charge on any atom is 0.414 e. The molecule has 2 atom stereocenters. The Morgan fingerprint density at radius 3 is 2.65 bits per heavy atom. The fraction of sp³-hybridized carbons (Fsp3) is 0.562. The highest BCUT2D eigenvalue weighted by atomic mass is 16.6. The van der Waals surface area contributed by atoms with Gasteiger partial charge in [0.05, 0.1) is 30.6 Å². The molecular formula is C16H23N3O4. The third-order valence-corrected chi connectivity index (χ3v) is 3.60. The predicted molar refractivity (Wildman–Crippen MR) is 85.5 cm³/mol. The number of carbonyl (C=O) groups excluding carboxylic acids is 2. The number of ether oxygens (including phenoxy) is 2. The van der Waals surface area contributed by atoms with Crippen LogP contribution in [0.15, 0.2) is 12.1 Å². The van der Waals surface area contributed by atoms with Crippen molar-refractivity contribution in [2.24, 2.45) is 0 Å². The fourth-order valence-electron chi connectivity index (χ4n) is 2.73. The summed E-state index contributed by atoms with van der Waals surface area (Å²) >= 11 is 0. The van der Waals surface area contributed by atoms with Crippen molar-refractivity contribution in [3.63, 3.8) is 0 Å². The average Bonchev–Trinajstić information content (AvgIpc) is 2.45. The Bertz CT molecular complexity index is 603. The van der Waals surface area contributed by atoms with Crippen molar-refractivity contribution in [3.8, 4) is 5.88 Å². The molecule has 1 aliphatic heterocycles. The van der Waals surface area contributed by atoms with Gasteiger partial charge in [0.25, 0.3) is 0 Å². The first-order valence-electron chi connectivity index (χ1n) is 7.65. The van der Waals surface area contributed by atoms with Crippen LogP contribution in [0.3, 0.4) is 0 Å². The van der Waals surface area contributed by atoms with Gasteiger partial charge in [0.15, 0.2) is 0 Å². The second-order valence-corrected chi connectivity index (χ2v) is 5.90. The summed E-state index contributed by atoms with van der Waals surface area (Å²) in [6.45, 7) is 6.99. The average molecular weight is 321 g/mol. The van der Waals surface area contributed by atoms with Crippen LogP contribution in [-0.4, -0.2) is 36.2 Å². The van der Waals surface area contributed by atoms with Crippen LogP contribution in [0.5, 0.6) is 5.88 Å². The molecule has 1 aliphatic rings. The van der Waals surface area contributed by atoms with Gasteiger partial charge < -0.3 is 14.8 Å². The summed E-state index contributed by atoms with van der Waals surface area (Å²) in [5.74, 6) is 0.293. The Kier molecular flexibility index (Phi) is 5.08. The molecule has 1 N–H and O–H groups in total. The van der Waals surface area contributed by atoms with Crippen LogP contribution in [-0.2, 0) is 9.53 Å². The summed E-state index contributed by atoms with van der Waals surface area (Å²) in [4.78, 5) is 29.9. The topological polar surface area (TPSA) is 80.8 Å². The number of hydrogen-bond acceptors (Lipinski definition) is 5. The van der Waals surface area contributed by atoms with Gasteiger partial charge in [0, 0.05) is 19.0 Å². The van der Waals surface area contributed by atoms with Gasteiger partial charge in [-0.3, -0.25) is 9.69 Å². The van der Waals surface area contributed by atoms with E-state index < -0.39 is 6.09 Å². The molecule has 126 valence electrons. The van der Waals surface area contributed by atoms with Crippen molar-refractivity contribution in [1.82, 2.24) is 10.3 Å². The summed E-state index contributed by atoms with van der Waals surface area (Å²) < 4.78 is 10.5. The van der Waals surface area contributed by atoms with E-state index in [9.17, 15) is 9.59 Å². The number of anilines is 1. The maximum atomic E-state index is 12.4. The van der Waals surface area contributed by atoms with Crippen LogP contribution < -0.4 is 15.0 Å². The molecular weight excluding hydrogens is 298 g/mol. The second-order valence-electron chi connectivity index (χ2n) is 5.90. The smallest absolute Gasteiger partial charge is 0.414 e. The van der Waals surface area contributed by atoms with Gasteiger partial charge >= 0.3 is 6.09 Å². The van der Waals surface area contributed by atoms with Crippen LogP contribution in [0.25, 0.3) is 0 Å². The Balaban J connectivity index is 2.44. The van der Waals surface area contributed by atoms with Gasteiger partial charge in [0.2, 0.25) is 11.8 Å². The highest BCUT2D eigenvalue weighted by molar-refractivity contribution is 5.90. The second kappa shape index (κ2) is 6.85. The van der Waals surface area contributed by atoms with Crippen LogP contribution in [0.2, 0.25) is 0 Å². The third-order valence-electron chi connectivity index (χ3n) is 3.60. The highest BCUT2D eigenvalue weighted by Crippen LogP contribution is 2.37. The van der Waals surface area contributed by atoms with Crippen LogP contribution in [0.4, 0.5) is 10.5 Å². The normalized spacial score (nSPS) is 20.0. The van der Waals surface area contributed by atoms with Gasteiger partial charge in [-0.25, -0.2) is 9.78 Å². The first kappa shape index (κ1) is 17.1. The number of pyridine rings is 1. The molecule has 0 saturated heterocycles. The van der Waals surface area contributed by atoms with E-state index in [0.717, 1.165) is 0 Å². The van der Waals surface area contributed by atoms with Crippen molar-refractivity contribution in [2.75, 3.05) is 12.0 Å². The maximum absolute atomic E-state index is 12.4. The standard InChI is InChI=1S/C16H23N3O4/c1-9(2)23-16(21)19-10(3)8-12(17-11(4)20)15-13(19)6-7-14(18-15)22-5/h6-7,9-10,12H,8H2,1-5H3,(H,17,20). The van der Waals surface area contributed by atoms with Gasteiger partial charge in [-0.1, -0.05) is 0 Å². The van der Waals surface area contributed by atoms with E-state index in [4.69, 9.17) is 9.47 Å². The van der Waals surface area contributed by atoms with E-state index in [1.54, 1.807) is 30.9 Å². The fourth-order valence-corrected chi connectivity index (χ4v) is 2.73. The molecule has 7 nitrogen and oxygen atoms in total. The molecule has 7 heteroatoms. The van der Waals surface area contributed by atoms with Crippen LogP contribution >= 0.6 is 0 Å². The molecule has 0 spiro atoms. The van der Waals surface area contributed by atoms with Crippen LogP contribution in [0, 0.1) is 0 Å². The first-order valence-corrected chi connectivity index (χ1v) is 7.65. The molecule has 0 radical (unpaired) electrons. The molecule has 0 saturated carbocycles. The van der Waals surface area contributed by atoms with Gasteiger partial charge in [-0.05, 0) is 33.3 Å². The number of nitrogens with zero attached hydrogens (tertiary/aromatic N) is 2. The Hall–Kier alpha value is -2.31. The van der Waals surface area contributed by atoms with E-state index in [1.807, 2.05) is 6.92 Å². The number of amides is 2. The summed E-state index contributed by atoms with van der Waals surface area (Å²) in [6, 6.07) is 3.07. The zero-order valence-electron chi connectivity index (χ0n) is 14.1. The van der Waals surface area contributed by atoms with Crippen molar-refractivity contribution < 1.29 is 19.1 Å². The zero-order valence-corrected chi connectivity index (χ0v) is 14.1. The minimum Gasteiger partial charge on any atom is -0.481 e. The third kappa shape index (κ3) is 3.72. The molecule has 0 bridgehead atoms. The number of nitrogens with one attached hydrogen (secondary N) is 1. The zero-order chi connectivity index (χ0) is 17.1. The minimum atomic E-state index is -0.415. The SMILES string of the molecule is COc1ccc2c(n1)C(NC(C)=O)CC(C)N2C(=O)OC(C)C. The van der Waals surface area contributed by atoms with E-state index in [0.29, 0.717) is 23.7 Å². The Morgan fingerprint density at radius 2 is 2.09 bits per heavy atom. The van der Waals surface area contributed by atoms with Gasteiger partial charge in [0.1, 0.15) is 0 Å². The molecule has 2 unspecified atom stereocenters. The van der Waals surface area contributed by atoms with Crippen molar-refractivity contribution >= 4 is 17.7 Å². The quantitative estimate of drug-likeness (QED) is 0.924. The summed E-state index contributed by atoms with van der Waals surface area (Å²) in [7, 11) is 1.53. The monoisotopic (exact) mass is 321 g/mol. The Morgan fingerprint density at radius 1 is 1.39 bits per heavy atom. The molecule has 23 heavy (non-hydrogen) atoms. The highest BCUT2D eigenvalue weighted by Gasteiger charge is 2.36. The lowest BCUT2D eigenvalue weighted by Gasteiger charge is -2.38. The largest absolute Gasteiger partial charge is 0.481 e. The lowest BCUT2D eigenvalue weighted by atomic mass is 9.96. The summed E-state index contributed by atoms with van der Waals surface area (Å²) in [5.41, 5.74) is 1.24. The number of aromatic nitrogens is 1. The minimum absolute atomic E-state index is 0.124. The number of fused-ring (bicyclic) bond motifs is 1. The summed E-state index contributed by atoms with van der Waals surface area (Å²) in [6.07, 6.45) is -0.0700. The number of hydrogen-bond donors (Lipinski definition) is 1. The number of methoxy groups -OCH3 is 1. The van der Waals surface area contributed by atoms with E-state index >= 15 is 0 Å². The molecule has 2 heterocycles. The predicted octanol–water partition coefficient (Wildman–Crippen LogP) is 2.41. The summed E-state index contributed by atoms with van der Waals surface area (Å²) in [5, 5.41) is 2.88. The molecule has 2 rings (SSSR count). The van der Waals surface area contributed by atoms with E-state index in [-0.39, 0.29) is 24.1 Å².